The summed E-state index contributed by atoms with van der Waals surface area (Å²) in [7, 11) is 4.43. The molecule has 1 aromatic heterocycles. The Bertz CT molecular complexity index is 810. The molecule has 2 aromatic rings. The molecule has 1 aliphatic heterocycles. The zero-order valence-corrected chi connectivity index (χ0v) is 17.8. The molecule has 154 valence electrons. The summed E-state index contributed by atoms with van der Waals surface area (Å²) in [5.41, 5.74) is 3.02. The number of nitrogens with zero attached hydrogens (tertiary/aromatic N) is 3. The third-order valence-electron chi connectivity index (χ3n) is 7.45. The Morgan fingerprint density at radius 1 is 1.03 bits per heavy atom. The third kappa shape index (κ3) is 4.09. The number of hydrogen-bond donors (Lipinski definition) is 0. The van der Waals surface area contributed by atoms with Crippen LogP contribution in [0.5, 0.6) is 0 Å². The van der Waals surface area contributed by atoms with Crippen molar-refractivity contribution in [3.8, 4) is 0 Å². The van der Waals surface area contributed by atoms with E-state index in [9.17, 15) is 4.79 Å². The molecule has 1 spiro atoms. The van der Waals surface area contributed by atoms with Crippen LogP contribution in [0, 0.1) is 5.41 Å². The number of amides is 1. The van der Waals surface area contributed by atoms with Crippen LogP contribution in [0.4, 0.5) is 0 Å². The summed E-state index contributed by atoms with van der Waals surface area (Å²) in [5.74, 6) is 0.304. The average molecular weight is 392 g/mol. The number of carbonyl (C=O) groups excluding carboxylic acids is 1. The van der Waals surface area contributed by atoms with Gasteiger partial charge in [-0.1, -0.05) is 36.4 Å². The van der Waals surface area contributed by atoms with Crippen LogP contribution >= 0.6 is 0 Å². The van der Waals surface area contributed by atoms with Crippen LogP contribution < -0.4 is 0 Å². The molecule has 1 amide bonds. The first-order valence-corrected chi connectivity index (χ1v) is 10.9. The third-order valence-corrected chi connectivity index (χ3v) is 7.45. The van der Waals surface area contributed by atoms with Gasteiger partial charge in [-0.2, -0.15) is 0 Å². The van der Waals surface area contributed by atoms with Crippen molar-refractivity contribution >= 4 is 5.91 Å². The fraction of sp³-hybridized carbons (Fsp3) is 0.520. The number of aromatic nitrogens is 1. The molecule has 0 unspecified atom stereocenters. The van der Waals surface area contributed by atoms with Crippen molar-refractivity contribution in [2.75, 3.05) is 27.2 Å². The van der Waals surface area contributed by atoms with E-state index < -0.39 is 0 Å². The lowest BCUT2D eigenvalue weighted by Crippen LogP contribution is -2.47. The van der Waals surface area contributed by atoms with Gasteiger partial charge in [0.05, 0.1) is 0 Å². The maximum Gasteiger partial charge on any atom is 0.222 e. The molecule has 0 bridgehead atoms. The molecule has 1 aromatic carbocycles. The van der Waals surface area contributed by atoms with Crippen LogP contribution in [-0.2, 0) is 16.8 Å². The van der Waals surface area contributed by atoms with Crippen molar-refractivity contribution in [3.63, 3.8) is 0 Å². The summed E-state index contributed by atoms with van der Waals surface area (Å²) >= 11 is 0. The highest BCUT2D eigenvalue weighted by Crippen LogP contribution is 2.51. The molecule has 4 nitrogen and oxygen atoms in total. The van der Waals surface area contributed by atoms with E-state index in [-0.39, 0.29) is 5.54 Å². The first kappa shape index (κ1) is 20.1. The van der Waals surface area contributed by atoms with Crippen molar-refractivity contribution in [1.29, 1.82) is 0 Å². The number of carbonyl (C=O) groups is 1. The lowest BCUT2D eigenvalue weighted by atomic mass is 9.64. The fourth-order valence-corrected chi connectivity index (χ4v) is 5.45. The molecular weight excluding hydrogens is 358 g/mol. The van der Waals surface area contributed by atoms with E-state index in [2.05, 4.69) is 65.3 Å². The number of likely N-dealkylation sites (tertiary alicyclic amines) is 1. The fourth-order valence-electron chi connectivity index (χ4n) is 5.45. The minimum atomic E-state index is 0.129. The van der Waals surface area contributed by atoms with E-state index in [1.807, 2.05) is 12.3 Å². The zero-order chi connectivity index (χ0) is 20.3. The van der Waals surface area contributed by atoms with Gasteiger partial charge in [-0.3, -0.25) is 14.7 Å². The summed E-state index contributed by atoms with van der Waals surface area (Å²) in [4.78, 5) is 21.5. The van der Waals surface area contributed by atoms with Crippen molar-refractivity contribution in [2.24, 2.45) is 5.41 Å². The molecule has 0 radical (unpaired) electrons. The van der Waals surface area contributed by atoms with E-state index >= 15 is 0 Å². The standard InChI is InChI=1S/C25H33N3O/c1-27(2)25(22-8-4-3-5-9-22)14-12-24(13-15-25)16-18-28(20-24)23(29)11-10-21-7-6-17-26-19-21/h3-9,17,19H,10-16,18,20H2,1-2H3. The number of hydrogen-bond acceptors (Lipinski definition) is 3. The van der Waals surface area contributed by atoms with Gasteiger partial charge in [-0.25, -0.2) is 0 Å². The van der Waals surface area contributed by atoms with Crippen LogP contribution in [0.3, 0.4) is 0 Å². The lowest BCUT2D eigenvalue weighted by molar-refractivity contribution is -0.130. The van der Waals surface area contributed by atoms with Crippen LogP contribution in [0.2, 0.25) is 0 Å². The van der Waals surface area contributed by atoms with Gasteiger partial charge < -0.3 is 4.90 Å². The van der Waals surface area contributed by atoms with Crippen molar-refractivity contribution in [1.82, 2.24) is 14.8 Å². The largest absolute Gasteiger partial charge is 0.342 e. The van der Waals surface area contributed by atoms with Gasteiger partial charge >= 0.3 is 0 Å². The van der Waals surface area contributed by atoms with Gasteiger partial charge in [0.15, 0.2) is 0 Å². The molecule has 1 saturated heterocycles. The maximum atomic E-state index is 12.8. The van der Waals surface area contributed by atoms with Crippen molar-refractivity contribution in [3.05, 3.63) is 66.0 Å². The Morgan fingerprint density at radius 3 is 2.45 bits per heavy atom. The van der Waals surface area contributed by atoms with Gasteiger partial charge in [-0.15, -0.1) is 0 Å². The quantitative estimate of drug-likeness (QED) is 0.764. The Balaban J connectivity index is 1.37. The molecule has 1 saturated carbocycles. The highest BCUT2D eigenvalue weighted by atomic mass is 16.2. The first-order valence-electron chi connectivity index (χ1n) is 10.9. The lowest BCUT2D eigenvalue weighted by Gasteiger charge is -2.49. The van der Waals surface area contributed by atoms with E-state index in [0.29, 0.717) is 17.7 Å². The van der Waals surface area contributed by atoms with E-state index in [0.717, 1.165) is 31.5 Å². The molecule has 1 aliphatic carbocycles. The SMILES string of the molecule is CN(C)C1(c2ccccc2)CCC2(CCN(C(=O)CCc3cccnc3)C2)CC1. The number of benzene rings is 1. The number of aryl methyl sites for hydroxylation is 1. The molecule has 29 heavy (non-hydrogen) atoms. The molecule has 2 heterocycles. The van der Waals surface area contributed by atoms with Crippen molar-refractivity contribution < 1.29 is 4.79 Å². The van der Waals surface area contributed by atoms with Crippen LogP contribution in [0.1, 0.15) is 49.7 Å². The van der Waals surface area contributed by atoms with E-state index in [4.69, 9.17) is 0 Å². The molecule has 4 rings (SSSR count). The zero-order valence-electron chi connectivity index (χ0n) is 17.8. The monoisotopic (exact) mass is 391 g/mol. The second-order valence-corrected chi connectivity index (χ2v) is 9.22. The highest BCUT2D eigenvalue weighted by Gasteiger charge is 2.48. The Hall–Kier alpha value is -2.20. The average Bonchev–Trinajstić information content (AvgIpc) is 3.18. The molecule has 4 heteroatoms. The van der Waals surface area contributed by atoms with E-state index in [1.54, 1.807) is 6.20 Å². The van der Waals surface area contributed by atoms with Crippen molar-refractivity contribution in [2.45, 2.75) is 50.5 Å². The van der Waals surface area contributed by atoms with Gasteiger partial charge in [0.25, 0.3) is 0 Å². The second-order valence-electron chi connectivity index (χ2n) is 9.22. The van der Waals surface area contributed by atoms with Gasteiger partial charge in [-0.05, 0) is 75.2 Å². The smallest absolute Gasteiger partial charge is 0.222 e. The Morgan fingerprint density at radius 2 is 1.79 bits per heavy atom. The van der Waals surface area contributed by atoms with E-state index in [1.165, 1.54) is 31.2 Å². The minimum absolute atomic E-state index is 0.129. The summed E-state index contributed by atoms with van der Waals surface area (Å²) in [6.07, 6.45) is 10.9. The van der Waals surface area contributed by atoms with Gasteiger partial charge in [0.1, 0.15) is 0 Å². The highest BCUT2D eigenvalue weighted by molar-refractivity contribution is 5.76. The molecular formula is C25H33N3O. The first-order chi connectivity index (χ1) is 14.0. The normalized spacial score (nSPS) is 26.9. The summed E-state index contributed by atoms with van der Waals surface area (Å²) < 4.78 is 0. The predicted molar refractivity (Wildman–Crippen MR) is 116 cm³/mol. The predicted octanol–water partition coefficient (Wildman–Crippen LogP) is 4.26. The second kappa shape index (κ2) is 8.27. The number of rotatable bonds is 5. The maximum absolute atomic E-state index is 12.8. The van der Waals surface area contributed by atoms with Crippen LogP contribution in [0.15, 0.2) is 54.9 Å². The topological polar surface area (TPSA) is 36.4 Å². The summed E-state index contributed by atoms with van der Waals surface area (Å²) in [6, 6.07) is 15.0. The number of pyridine rings is 1. The Kier molecular flexibility index (Phi) is 5.73. The van der Waals surface area contributed by atoms with Gasteiger partial charge in [0, 0.05) is 37.4 Å². The molecule has 2 aliphatic rings. The molecule has 0 atom stereocenters. The van der Waals surface area contributed by atoms with Crippen LogP contribution in [0.25, 0.3) is 0 Å². The Labute approximate surface area is 174 Å². The summed E-state index contributed by atoms with van der Waals surface area (Å²) in [5, 5.41) is 0. The molecule has 2 fully saturated rings. The summed E-state index contributed by atoms with van der Waals surface area (Å²) in [6.45, 7) is 1.86. The minimum Gasteiger partial charge on any atom is -0.342 e. The van der Waals surface area contributed by atoms with Crippen LogP contribution in [-0.4, -0.2) is 47.9 Å². The molecule has 0 N–H and O–H groups in total. The van der Waals surface area contributed by atoms with Gasteiger partial charge in [0.2, 0.25) is 5.91 Å².